The van der Waals surface area contributed by atoms with E-state index in [0.717, 1.165) is 12.2 Å². The number of benzene rings is 1. The minimum absolute atomic E-state index is 0.0129. The summed E-state index contributed by atoms with van der Waals surface area (Å²) in [6.07, 6.45) is 0.795. The highest BCUT2D eigenvalue weighted by Gasteiger charge is 2.24. The molecule has 0 fully saturated rings. The van der Waals surface area contributed by atoms with E-state index < -0.39 is 12.0 Å². The van der Waals surface area contributed by atoms with Gasteiger partial charge in [0.2, 0.25) is 0 Å². The van der Waals surface area contributed by atoms with Crippen LogP contribution in [0.25, 0.3) is 0 Å². The third-order valence-electron chi connectivity index (χ3n) is 2.94. The highest BCUT2D eigenvalue weighted by molar-refractivity contribution is 5.73. The van der Waals surface area contributed by atoms with E-state index in [9.17, 15) is 4.79 Å². The number of carbonyl (C=O) groups is 1. The van der Waals surface area contributed by atoms with Crippen molar-refractivity contribution >= 4 is 5.97 Å². The van der Waals surface area contributed by atoms with Crippen LogP contribution in [0.3, 0.4) is 0 Å². The number of aliphatic carboxylic acids is 1. The van der Waals surface area contributed by atoms with Gasteiger partial charge in [0.05, 0.1) is 6.61 Å². The molecule has 18 heavy (non-hydrogen) atoms. The summed E-state index contributed by atoms with van der Waals surface area (Å²) in [5, 5.41) is 11.9. The van der Waals surface area contributed by atoms with Gasteiger partial charge in [-0.25, -0.2) is 0 Å². The van der Waals surface area contributed by atoms with Gasteiger partial charge in [-0.3, -0.25) is 10.1 Å². The second-order valence-corrected chi connectivity index (χ2v) is 4.31. The lowest BCUT2D eigenvalue weighted by molar-refractivity contribution is -0.140. The van der Waals surface area contributed by atoms with E-state index in [1.807, 2.05) is 24.3 Å². The molecule has 2 unspecified atom stereocenters. The lowest BCUT2D eigenvalue weighted by Gasteiger charge is -2.16. The monoisotopic (exact) mass is 251 g/mol. The number of rotatable bonds is 6. The minimum Gasteiger partial charge on any atom is -0.488 e. The fourth-order valence-corrected chi connectivity index (χ4v) is 2.03. The Kier molecular flexibility index (Phi) is 4.17. The predicted molar refractivity (Wildman–Crippen MR) is 65.9 cm³/mol. The molecule has 1 heterocycles. The van der Waals surface area contributed by atoms with Gasteiger partial charge in [0.1, 0.15) is 17.9 Å². The van der Waals surface area contributed by atoms with Crippen LogP contribution >= 0.6 is 0 Å². The number of fused-ring (bicyclic) bond motifs is 1. The van der Waals surface area contributed by atoms with Crippen molar-refractivity contribution in [3.8, 4) is 5.75 Å². The average molecular weight is 251 g/mol. The molecule has 1 aromatic rings. The Hall–Kier alpha value is -1.59. The molecule has 1 aliphatic rings. The summed E-state index contributed by atoms with van der Waals surface area (Å²) in [5.74, 6) is -0.0183. The van der Waals surface area contributed by atoms with Crippen molar-refractivity contribution in [1.29, 1.82) is 0 Å². The lowest BCUT2D eigenvalue weighted by Crippen LogP contribution is -2.44. The smallest absolute Gasteiger partial charge is 0.323 e. The van der Waals surface area contributed by atoms with E-state index in [1.54, 1.807) is 0 Å². The normalized spacial score (nSPS) is 19.1. The van der Waals surface area contributed by atoms with Crippen LogP contribution in [-0.4, -0.2) is 43.5 Å². The van der Waals surface area contributed by atoms with Gasteiger partial charge in [-0.15, -0.1) is 0 Å². The Morgan fingerprint density at radius 2 is 2.39 bits per heavy atom. The summed E-state index contributed by atoms with van der Waals surface area (Å²) in [6, 6.07) is 7.17. The molecule has 5 heteroatoms. The van der Waals surface area contributed by atoms with Gasteiger partial charge in [0.15, 0.2) is 0 Å². The number of nitrogens with one attached hydrogen (secondary N) is 1. The largest absolute Gasteiger partial charge is 0.488 e. The van der Waals surface area contributed by atoms with Crippen molar-refractivity contribution in [2.24, 2.45) is 0 Å². The quantitative estimate of drug-likeness (QED) is 0.778. The van der Waals surface area contributed by atoms with Gasteiger partial charge in [-0.1, -0.05) is 18.2 Å². The number of hydrogen-bond acceptors (Lipinski definition) is 4. The van der Waals surface area contributed by atoms with Crippen LogP contribution in [0.15, 0.2) is 24.3 Å². The van der Waals surface area contributed by atoms with E-state index in [-0.39, 0.29) is 12.7 Å². The summed E-state index contributed by atoms with van der Waals surface area (Å²) >= 11 is 0. The Morgan fingerprint density at radius 3 is 3.06 bits per heavy atom. The average Bonchev–Trinajstić information content (AvgIpc) is 2.76. The molecule has 2 N–H and O–H groups in total. The number of carboxylic acid groups (broad SMARTS) is 1. The molecule has 0 radical (unpaired) electrons. The van der Waals surface area contributed by atoms with Crippen LogP contribution in [-0.2, 0) is 16.0 Å². The van der Waals surface area contributed by atoms with Crippen molar-refractivity contribution in [3.63, 3.8) is 0 Å². The first-order valence-electron chi connectivity index (χ1n) is 5.90. The standard InChI is InChI=1S/C13H17NO4/c1-17-8-11(13(15)16)14-7-10-6-9-4-2-3-5-12(9)18-10/h2-5,10-11,14H,6-8H2,1H3,(H,15,16). The summed E-state index contributed by atoms with van der Waals surface area (Å²) in [4.78, 5) is 10.9. The molecule has 0 spiro atoms. The molecule has 0 saturated carbocycles. The maximum absolute atomic E-state index is 10.9. The topological polar surface area (TPSA) is 67.8 Å². The van der Waals surface area contributed by atoms with E-state index in [0.29, 0.717) is 6.54 Å². The Bertz CT molecular complexity index is 396. The molecular formula is C13H17NO4. The molecule has 5 nitrogen and oxygen atoms in total. The second kappa shape index (κ2) is 5.84. The number of hydrogen-bond donors (Lipinski definition) is 2. The maximum atomic E-state index is 10.9. The molecule has 0 amide bonds. The third kappa shape index (κ3) is 3.00. The summed E-state index contributed by atoms with van der Waals surface area (Å²) < 4.78 is 10.6. The van der Waals surface area contributed by atoms with Crippen molar-refractivity contribution in [3.05, 3.63) is 29.8 Å². The minimum atomic E-state index is -0.910. The van der Waals surface area contributed by atoms with E-state index in [1.165, 1.54) is 12.7 Å². The lowest BCUT2D eigenvalue weighted by atomic mass is 10.1. The van der Waals surface area contributed by atoms with Gasteiger partial charge >= 0.3 is 5.97 Å². The van der Waals surface area contributed by atoms with Gasteiger partial charge in [-0.05, 0) is 11.6 Å². The molecule has 0 aliphatic carbocycles. The summed E-state index contributed by atoms with van der Waals surface area (Å²) in [7, 11) is 1.49. The van der Waals surface area contributed by atoms with Crippen molar-refractivity contribution in [2.75, 3.05) is 20.3 Å². The van der Waals surface area contributed by atoms with Crippen molar-refractivity contribution in [2.45, 2.75) is 18.6 Å². The predicted octanol–water partition coefficient (Wildman–Crippen LogP) is 0.679. The molecule has 0 aromatic heterocycles. The zero-order valence-corrected chi connectivity index (χ0v) is 10.3. The number of carboxylic acids is 1. The molecule has 1 aliphatic heterocycles. The Balaban J connectivity index is 1.84. The highest BCUT2D eigenvalue weighted by Crippen LogP contribution is 2.27. The second-order valence-electron chi connectivity index (χ2n) is 4.31. The van der Waals surface area contributed by atoms with Gasteiger partial charge in [0.25, 0.3) is 0 Å². The SMILES string of the molecule is COCC(NCC1Cc2ccccc2O1)C(=O)O. The third-order valence-corrected chi connectivity index (χ3v) is 2.94. The number of methoxy groups -OCH3 is 1. The van der Waals surface area contributed by atoms with Crippen molar-refractivity contribution < 1.29 is 19.4 Å². The molecular weight excluding hydrogens is 234 g/mol. The van der Waals surface area contributed by atoms with E-state index in [2.05, 4.69) is 5.32 Å². The van der Waals surface area contributed by atoms with Crippen molar-refractivity contribution in [1.82, 2.24) is 5.32 Å². The molecule has 0 bridgehead atoms. The maximum Gasteiger partial charge on any atom is 0.323 e. The van der Waals surface area contributed by atoms with Crippen LogP contribution in [0.5, 0.6) is 5.75 Å². The first-order valence-corrected chi connectivity index (χ1v) is 5.90. The molecule has 1 aromatic carbocycles. The van der Waals surface area contributed by atoms with Crippen LogP contribution in [0.2, 0.25) is 0 Å². The molecule has 2 rings (SSSR count). The number of para-hydroxylation sites is 1. The fraction of sp³-hybridized carbons (Fsp3) is 0.462. The van der Waals surface area contributed by atoms with Crippen LogP contribution < -0.4 is 10.1 Å². The van der Waals surface area contributed by atoms with Gasteiger partial charge in [0, 0.05) is 20.1 Å². The zero-order chi connectivity index (χ0) is 13.0. The molecule has 0 saturated heterocycles. The number of ether oxygens (including phenoxy) is 2. The molecule has 2 atom stereocenters. The highest BCUT2D eigenvalue weighted by atomic mass is 16.5. The first kappa shape index (κ1) is 12.9. The summed E-state index contributed by atoms with van der Waals surface area (Å²) in [5.41, 5.74) is 1.17. The Morgan fingerprint density at radius 1 is 1.61 bits per heavy atom. The molecule has 98 valence electrons. The fourth-order valence-electron chi connectivity index (χ4n) is 2.03. The van der Waals surface area contributed by atoms with E-state index >= 15 is 0 Å². The van der Waals surface area contributed by atoms with Crippen LogP contribution in [0, 0.1) is 0 Å². The van der Waals surface area contributed by atoms with Crippen LogP contribution in [0.1, 0.15) is 5.56 Å². The van der Waals surface area contributed by atoms with E-state index in [4.69, 9.17) is 14.6 Å². The first-order chi connectivity index (χ1) is 8.70. The van der Waals surface area contributed by atoms with Gasteiger partial charge in [-0.2, -0.15) is 0 Å². The Labute approximate surface area is 106 Å². The van der Waals surface area contributed by atoms with Crippen LogP contribution in [0.4, 0.5) is 0 Å². The van der Waals surface area contributed by atoms with Gasteiger partial charge < -0.3 is 14.6 Å². The zero-order valence-electron chi connectivity index (χ0n) is 10.3. The summed E-state index contributed by atoms with van der Waals surface area (Å²) in [6.45, 7) is 0.643.